The second-order valence-electron chi connectivity index (χ2n) is 6.11. The second kappa shape index (κ2) is 9.58. The number of benzene rings is 2. The van der Waals surface area contributed by atoms with Crippen LogP contribution in [0.3, 0.4) is 0 Å². The van der Waals surface area contributed by atoms with Gasteiger partial charge < -0.3 is 10.1 Å². The molecule has 1 N–H and O–H groups in total. The lowest BCUT2D eigenvalue weighted by Gasteiger charge is -2.35. The van der Waals surface area contributed by atoms with Crippen LogP contribution in [0.25, 0.3) is 10.8 Å². The fourth-order valence-electron chi connectivity index (χ4n) is 3.63. The van der Waals surface area contributed by atoms with Gasteiger partial charge in [-0.05, 0) is 28.5 Å². The number of thiophene rings is 1. The number of nitrogens with one attached hydrogen (secondary N) is 1. The highest BCUT2D eigenvalue weighted by Gasteiger charge is 2.26. The highest BCUT2D eigenvalue weighted by Crippen LogP contribution is 2.38. The first-order valence-corrected chi connectivity index (χ1v) is 9.30. The molecule has 1 aliphatic rings. The molecule has 0 spiro atoms. The number of piperazine rings is 1. The van der Waals surface area contributed by atoms with Crippen LogP contribution in [0.15, 0.2) is 53.9 Å². The molecule has 1 fully saturated rings. The van der Waals surface area contributed by atoms with Crippen molar-refractivity contribution in [3.63, 3.8) is 0 Å². The van der Waals surface area contributed by atoms with Gasteiger partial charge in [-0.3, -0.25) is 4.90 Å². The zero-order valence-electron chi connectivity index (χ0n) is 14.7. The predicted octanol–water partition coefficient (Wildman–Crippen LogP) is 4.75. The van der Waals surface area contributed by atoms with Gasteiger partial charge in [0.25, 0.3) is 0 Å². The molecular formula is C20H24Cl2N2OS. The third kappa shape index (κ3) is 4.00. The maximum Gasteiger partial charge on any atom is 0.126 e. The molecule has 1 aromatic heterocycles. The number of nitrogens with zero attached hydrogens (tertiary/aromatic N) is 1. The van der Waals surface area contributed by atoms with E-state index < -0.39 is 0 Å². The summed E-state index contributed by atoms with van der Waals surface area (Å²) < 4.78 is 5.58. The number of ether oxygens (including phenoxy) is 1. The van der Waals surface area contributed by atoms with Crippen LogP contribution in [-0.2, 0) is 0 Å². The normalized spacial score (nSPS) is 15.7. The second-order valence-corrected chi connectivity index (χ2v) is 7.09. The van der Waals surface area contributed by atoms with E-state index in [0.717, 1.165) is 31.9 Å². The first kappa shape index (κ1) is 21.0. The summed E-state index contributed by atoms with van der Waals surface area (Å²) in [5, 5.41) is 8.12. The minimum Gasteiger partial charge on any atom is -0.496 e. The van der Waals surface area contributed by atoms with E-state index in [0.29, 0.717) is 6.04 Å². The molecule has 0 aliphatic carbocycles. The summed E-state index contributed by atoms with van der Waals surface area (Å²) in [6.07, 6.45) is 0. The number of hydrogen-bond donors (Lipinski definition) is 1. The highest BCUT2D eigenvalue weighted by atomic mass is 35.5. The van der Waals surface area contributed by atoms with Gasteiger partial charge in [-0.1, -0.05) is 36.4 Å². The molecule has 2 aromatic carbocycles. The number of halogens is 2. The molecule has 1 aliphatic heterocycles. The third-order valence-corrected chi connectivity index (χ3v) is 5.69. The Morgan fingerprint density at radius 2 is 1.69 bits per heavy atom. The van der Waals surface area contributed by atoms with Crippen molar-refractivity contribution in [2.45, 2.75) is 6.04 Å². The number of rotatable bonds is 4. The molecule has 3 nitrogen and oxygen atoms in total. The highest BCUT2D eigenvalue weighted by molar-refractivity contribution is 7.10. The first-order valence-electron chi connectivity index (χ1n) is 8.42. The first-order chi connectivity index (χ1) is 11.9. The molecule has 3 aromatic rings. The molecule has 1 atom stereocenters. The zero-order valence-corrected chi connectivity index (χ0v) is 17.1. The van der Waals surface area contributed by atoms with Gasteiger partial charge in [-0.25, -0.2) is 0 Å². The van der Waals surface area contributed by atoms with Gasteiger partial charge in [0.15, 0.2) is 0 Å². The number of methoxy groups -OCH3 is 1. The lowest BCUT2D eigenvalue weighted by Crippen LogP contribution is -2.45. The van der Waals surface area contributed by atoms with Gasteiger partial charge in [0.2, 0.25) is 0 Å². The molecule has 0 saturated carbocycles. The van der Waals surface area contributed by atoms with E-state index in [1.807, 2.05) is 11.3 Å². The minimum atomic E-state index is 0. The van der Waals surface area contributed by atoms with Crippen molar-refractivity contribution >= 4 is 46.9 Å². The van der Waals surface area contributed by atoms with E-state index in [1.165, 1.54) is 21.2 Å². The summed E-state index contributed by atoms with van der Waals surface area (Å²) in [6.45, 7) is 4.25. The average molecular weight is 411 g/mol. The van der Waals surface area contributed by atoms with E-state index in [1.54, 1.807) is 7.11 Å². The van der Waals surface area contributed by atoms with Crippen LogP contribution in [0.1, 0.15) is 16.5 Å². The van der Waals surface area contributed by atoms with Crippen molar-refractivity contribution in [2.75, 3.05) is 33.3 Å². The maximum absolute atomic E-state index is 5.58. The predicted molar refractivity (Wildman–Crippen MR) is 116 cm³/mol. The number of fused-ring (bicyclic) bond motifs is 1. The van der Waals surface area contributed by atoms with Crippen molar-refractivity contribution < 1.29 is 4.74 Å². The molecule has 1 saturated heterocycles. The fraction of sp³-hybridized carbons (Fsp3) is 0.300. The Labute approximate surface area is 171 Å². The zero-order chi connectivity index (χ0) is 16.4. The van der Waals surface area contributed by atoms with Crippen LogP contribution in [0.4, 0.5) is 0 Å². The molecule has 0 unspecified atom stereocenters. The van der Waals surface area contributed by atoms with Crippen LogP contribution in [0.2, 0.25) is 0 Å². The molecule has 4 rings (SSSR count). The van der Waals surface area contributed by atoms with Crippen LogP contribution in [0.5, 0.6) is 5.75 Å². The van der Waals surface area contributed by atoms with Crippen molar-refractivity contribution in [3.8, 4) is 5.75 Å². The fourth-order valence-corrected chi connectivity index (χ4v) is 4.50. The van der Waals surface area contributed by atoms with E-state index in [-0.39, 0.29) is 24.8 Å². The van der Waals surface area contributed by atoms with Crippen molar-refractivity contribution in [3.05, 3.63) is 64.4 Å². The van der Waals surface area contributed by atoms with Gasteiger partial charge in [-0.2, -0.15) is 0 Å². The lowest BCUT2D eigenvalue weighted by atomic mass is 9.95. The molecule has 26 heavy (non-hydrogen) atoms. The smallest absolute Gasteiger partial charge is 0.126 e. The number of hydrogen-bond acceptors (Lipinski definition) is 4. The van der Waals surface area contributed by atoms with Gasteiger partial charge in [0.05, 0.1) is 13.2 Å². The van der Waals surface area contributed by atoms with Crippen LogP contribution >= 0.6 is 36.2 Å². The topological polar surface area (TPSA) is 24.5 Å². The van der Waals surface area contributed by atoms with Gasteiger partial charge in [-0.15, -0.1) is 36.2 Å². The summed E-state index contributed by atoms with van der Waals surface area (Å²) >= 11 is 1.84. The SMILES string of the molecule is COc1ccc([C@H](c2cccs2)N2CCNCC2)c2ccccc12.Cl.Cl. The Hall–Kier alpha value is -1.30. The monoisotopic (exact) mass is 410 g/mol. The van der Waals surface area contributed by atoms with Gasteiger partial charge in [0.1, 0.15) is 5.75 Å². The largest absolute Gasteiger partial charge is 0.496 e. The molecular weight excluding hydrogens is 387 g/mol. The van der Waals surface area contributed by atoms with Crippen LogP contribution < -0.4 is 10.1 Å². The Balaban J connectivity index is 0.00000121. The quantitative estimate of drug-likeness (QED) is 0.671. The Kier molecular flexibility index (Phi) is 7.74. The molecule has 0 amide bonds. The molecule has 6 heteroatoms. The summed E-state index contributed by atoms with van der Waals surface area (Å²) in [5.41, 5.74) is 1.37. The van der Waals surface area contributed by atoms with Crippen molar-refractivity contribution in [1.82, 2.24) is 10.2 Å². The summed E-state index contributed by atoms with van der Waals surface area (Å²) in [4.78, 5) is 4.00. The van der Waals surface area contributed by atoms with E-state index in [2.05, 4.69) is 64.1 Å². The molecule has 0 bridgehead atoms. The van der Waals surface area contributed by atoms with E-state index in [9.17, 15) is 0 Å². The molecule has 140 valence electrons. The Morgan fingerprint density at radius 1 is 0.962 bits per heavy atom. The Bertz CT molecular complexity index is 820. The molecule has 0 radical (unpaired) electrons. The van der Waals surface area contributed by atoms with Crippen LogP contribution in [-0.4, -0.2) is 38.2 Å². The van der Waals surface area contributed by atoms with Crippen molar-refractivity contribution in [2.24, 2.45) is 0 Å². The summed E-state index contributed by atoms with van der Waals surface area (Å²) in [7, 11) is 1.74. The summed E-state index contributed by atoms with van der Waals surface area (Å²) in [5.74, 6) is 0.944. The molecule has 2 heterocycles. The van der Waals surface area contributed by atoms with E-state index in [4.69, 9.17) is 4.74 Å². The minimum absolute atomic E-state index is 0. The summed E-state index contributed by atoms with van der Waals surface area (Å²) in [6, 6.07) is 17.7. The lowest BCUT2D eigenvalue weighted by molar-refractivity contribution is 0.201. The Morgan fingerprint density at radius 3 is 2.35 bits per heavy atom. The van der Waals surface area contributed by atoms with E-state index >= 15 is 0 Å². The maximum atomic E-state index is 5.58. The van der Waals surface area contributed by atoms with Gasteiger partial charge >= 0.3 is 0 Å². The van der Waals surface area contributed by atoms with Gasteiger partial charge in [0, 0.05) is 36.4 Å². The van der Waals surface area contributed by atoms with Crippen LogP contribution in [0, 0.1) is 0 Å². The average Bonchev–Trinajstić information content (AvgIpc) is 3.17. The standard InChI is InChI=1S/C20H22N2OS.2ClH/c1-23-18-9-8-17(15-5-2-3-6-16(15)18)20(19-7-4-14-24-19)22-12-10-21-11-13-22;;/h2-9,14,20-21H,10-13H2,1H3;2*1H/t20-;;/m1../s1. The van der Waals surface area contributed by atoms with Crippen molar-refractivity contribution in [1.29, 1.82) is 0 Å². The third-order valence-electron chi connectivity index (χ3n) is 4.76.